The van der Waals surface area contributed by atoms with Crippen LogP contribution in [-0.4, -0.2) is 25.0 Å². The number of benzene rings is 2. The maximum atomic E-state index is 11.8. The summed E-state index contributed by atoms with van der Waals surface area (Å²) in [5.41, 5.74) is 1.75. The Bertz CT molecular complexity index is 657. The van der Waals surface area contributed by atoms with Crippen LogP contribution in [0.5, 0.6) is 5.75 Å². The molecule has 6 heteroatoms. The third-order valence-corrected chi connectivity index (χ3v) is 3.10. The maximum Gasteiger partial charge on any atom is 0.417 e. The predicted octanol–water partition coefficient (Wildman–Crippen LogP) is -2.27. The first-order valence-corrected chi connectivity index (χ1v) is 6.80. The van der Waals surface area contributed by atoms with E-state index >= 15 is 0 Å². The molecule has 0 saturated heterocycles. The quantitative estimate of drug-likeness (QED) is 0.598. The molecule has 0 spiro atoms. The van der Waals surface area contributed by atoms with Gasteiger partial charge in [0.15, 0.2) is 0 Å². The number of anilines is 1. The highest BCUT2D eigenvalue weighted by Crippen LogP contribution is 2.13. The first kappa shape index (κ1) is 15.9. The Morgan fingerprint density at radius 2 is 1.82 bits per heavy atom. The van der Waals surface area contributed by atoms with Gasteiger partial charge in [-0.1, -0.05) is 18.2 Å². The van der Waals surface area contributed by atoms with E-state index in [0.29, 0.717) is 11.4 Å². The molecule has 114 valence electrons. The van der Waals surface area contributed by atoms with Crippen LogP contribution in [0.3, 0.4) is 0 Å². The van der Waals surface area contributed by atoms with Crippen molar-refractivity contribution in [3.05, 3.63) is 60.2 Å². The van der Waals surface area contributed by atoms with E-state index in [0.717, 1.165) is 24.5 Å². The summed E-state index contributed by atoms with van der Waals surface area (Å²) in [6.07, 6.45) is -0.501. The van der Waals surface area contributed by atoms with Crippen LogP contribution in [0.15, 0.2) is 54.6 Å². The molecular weight excluding hydrogens is 302 g/mol. The van der Waals surface area contributed by atoms with Gasteiger partial charge in [0.05, 0.1) is 5.56 Å². The van der Waals surface area contributed by atoms with Crippen molar-refractivity contribution in [3.8, 4) is 5.75 Å². The molecule has 0 radical (unpaired) electrons. The average Bonchev–Trinajstić information content (AvgIpc) is 3.03. The molecule has 1 heterocycles. The van der Waals surface area contributed by atoms with E-state index in [1.54, 1.807) is 24.3 Å². The lowest BCUT2D eigenvalue weighted by atomic mass is 10.2. The molecule has 0 unspecified atom stereocenters. The minimum absolute atomic E-state index is 0. The molecule has 2 aromatic rings. The number of rotatable bonds is 3. The number of para-hydroxylation sites is 1. The lowest BCUT2D eigenvalue weighted by molar-refractivity contribution is -0.444. The van der Waals surface area contributed by atoms with Gasteiger partial charge in [0, 0.05) is 5.69 Å². The molecule has 1 aliphatic heterocycles. The van der Waals surface area contributed by atoms with Crippen molar-refractivity contribution in [2.75, 3.05) is 18.4 Å². The first-order chi connectivity index (χ1) is 10.3. The van der Waals surface area contributed by atoms with Crippen molar-refractivity contribution in [2.24, 2.45) is 0 Å². The van der Waals surface area contributed by atoms with Gasteiger partial charge in [-0.3, -0.25) is 15.6 Å². The summed E-state index contributed by atoms with van der Waals surface area (Å²) in [6.45, 7) is 1.85. The zero-order valence-electron chi connectivity index (χ0n) is 11.8. The van der Waals surface area contributed by atoms with Gasteiger partial charge in [0.1, 0.15) is 18.8 Å². The summed E-state index contributed by atoms with van der Waals surface area (Å²) in [5, 5.41) is 5.92. The predicted molar refractivity (Wildman–Crippen MR) is 80.5 cm³/mol. The fourth-order valence-corrected chi connectivity index (χ4v) is 2.10. The number of carbonyl (C=O) groups is 1. The van der Waals surface area contributed by atoms with E-state index in [1.807, 2.05) is 30.3 Å². The Kier molecular flexibility index (Phi) is 5.38. The van der Waals surface area contributed by atoms with Crippen LogP contribution in [0.1, 0.15) is 5.56 Å². The lowest BCUT2D eigenvalue weighted by Crippen LogP contribution is -3.00. The van der Waals surface area contributed by atoms with Gasteiger partial charge in [-0.15, -0.1) is 0 Å². The van der Waals surface area contributed by atoms with Crippen molar-refractivity contribution in [1.29, 1.82) is 0 Å². The molecular formula is C16H16ClN3O2. The molecule has 22 heavy (non-hydrogen) atoms. The second kappa shape index (κ2) is 7.47. The van der Waals surface area contributed by atoms with Crippen LogP contribution in [0.4, 0.5) is 10.5 Å². The molecule has 2 aromatic carbocycles. The minimum Gasteiger partial charge on any atom is -1.00 e. The van der Waals surface area contributed by atoms with Crippen LogP contribution in [0, 0.1) is 0 Å². The number of hydrogen-bond acceptors (Lipinski definition) is 3. The second-order valence-corrected chi connectivity index (χ2v) is 4.63. The molecule has 3 rings (SSSR count). The average molecular weight is 318 g/mol. The minimum atomic E-state index is -0.501. The summed E-state index contributed by atoms with van der Waals surface area (Å²) >= 11 is 0. The Morgan fingerprint density at radius 3 is 2.45 bits per heavy atom. The molecule has 0 aromatic heterocycles. The number of amidine groups is 1. The largest absolute Gasteiger partial charge is 1.00 e. The number of amides is 1. The Labute approximate surface area is 134 Å². The molecule has 1 aliphatic rings. The van der Waals surface area contributed by atoms with Crippen molar-refractivity contribution in [3.63, 3.8) is 0 Å². The standard InChI is InChI=1S/C16H15N3O2.ClH/c20-16(19-13-4-2-1-3-5-13)21-14-8-6-12(7-9-14)15-17-10-11-18-15;/h1-9H,10-11H2,(H,17,18)(H,19,20);1H. The van der Waals surface area contributed by atoms with Gasteiger partial charge in [-0.05, 0) is 36.4 Å². The van der Waals surface area contributed by atoms with Crippen LogP contribution in [0.25, 0.3) is 0 Å². The summed E-state index contributed by atoms with van der Waals surface area (Å²) in [6, 6.07) is 16.6. The van der Waals surface area contributed by atoms with Crippen LogP contribution in [0.2, 0.25) is 0 Å². The van der Waals surface area contributed by atoms with E-state index in [-0.39, 0.29) is 12.4 Å². The number of hydrogen-bond donors (Lipinski definition) is 3. The summed E-state index contributed by atoms with van der Waals surface area (Å²) in [5.74, 6) is 1.51. The molecule has 0 atom stereocenters. The van der Waals surface area contributed by atoms with Crippen LogP contribution in [-0.2, 0) is 0 Å². The number of carbonyl (C=O) groups excluding carboxylic acids is 1. The number of ether oxygens (including phenoxy) is 1. The van der Waals surface area contributed by atoms with E-state index < -0.39 is 6.09 Å². The van der Waals surface area contributed by atoms with Crippen molar-refractivity contribution in [2.45, 2.75) is 0 Å². The maximum absolute atomic E-state index is 11.8. The third-order valence-electron chi connectivity index (χ3n) is 3.10. The summed E-state index contributed by atoms with van der Waals surface area (Å²) < 4.78 is 5.24. The van der Waals surface area contributed by atoms with Gasteiger partial charge in [-0.25, -0.2) is 4.79 Å². The SMILES string of the molecule is O=C(Nc1ccccc1)Oc1ccc(C2=[NH+]CCN2)cc1.[Cl-]. The van der Waals surface area contributed by atoms with Gasteiger partial charge in [0.2, 0.25) is 0 Å². The smallest absolute Gasteiger partial charge is 0.417 e. The van der Waals surface area contributed by atoms with Gasteiger partial charge >= 0.3 is 6.09 Å². The highest BCUT2D eigenvalue weighted by Gasteiger charge is 2.14. The van der Waals surface area contributed by atoms with E-state index in [2.05, 4.69) is 15.6 Å². The molecule has 0 fully saturated rings. The number of halogens is 1. The normalized spacial score (nSPS) is 12.6. The van der Waals surface area contributed by atoms with E-state index in [9.17, 15) is 4.79 Å². The van der Waals surface area contributed by atoms with E-state index in [4.69, 9.17) is 4.74 Å². The third kappa shape index (κ3) is 3.99. The zero-order chi connectivity index (χ0) is 14.5. The van der Waals surface area contributed by atoms with Gasteiger partial charge < -0.3 is 17.1 Å². The Morgan fingerprint density at radius 1 is 1.09 bits per heavy atom. The van der Waals surface area contributed by atoms with Crippen molar-refractivity contribution >= 4 is 17.6 Å². The highest BCUT2D eigenvalue weighted by atomic mass is 35.5. The second-order valence-electron chi connectivity index (χ2n) is 4.63. The fourth-order valence-electron chi connectivity index (χ4n) is 2.10. The lowest BCUT2D eigenvalue weighted by Gasteiger charge is -2.06. The van der Waals surface area contributed by atoms with Crippen LogP contribution < -0.4 is 32.8 Å². The monoisotopic (exact) mass is 317 g/mol. The van der Waals surface area contributed by atoms with Gasteiger partial charge in [0.25, 0.3) is 5.84 Å². The molecule has 0 bridgehead atoms. The van der Waals surface area contributed by atoms with Crippen LogP contribution >= 0.6 is 0 Å². The molecule has 3 N–H and O–H groups in total. The topological polar surface area (TPSA) is 64.3 Å². The highest BCUT2D eigenvalue weighted by molar-refractivity contribution is 5.95. The Balaban J connectivity index is 0.00000176. The Hall–Kier alpha value is -2.53. The van der Waals surface area contributed by atoms with Crippen molar-refractivity contribution < 1.29 is 26.9 Å². The summed E-state index contributed by atoms with van der Waals surface area (Å²) in [7, 11) is 0. The number of nitrogens with one attached hydrogen (secondary N) is 3. The first-order valence-electron chi connectivity index (χ1n) is 6.80. The van der Waals surface area contributed by atoms with Gasteiger partial charge in [-0.2, -0.15) is 0 Å². The molecule has 0 saturated carbocycles. The van der Waals surface area contributed by atoms with E-state index in [1.165, 1.54) is 0 Å². The molecule has 5 nitrogen and oxygen atoms in total. The zero-order valence-corrected chi connectivity index (χ0v) is 12.6. The van der Waals surface area contributed by atoms with Crippen molar-refractivity contribution in [1.82, 2.24) is 5.32 Å². The molecule has 1 amide bonds. The fraction of sp³-hybridized carbons (Fsp3) is 0.125. The summed E-state index contributed by atoms with van der Waals surface area (Å²) in [4.78, 5) is 15.0. The molecule has 0 aliphatic carbocycles.